The van der Waals surface area contributed by atoms with Gasteiger partial charge in [-0.1, -0.05) is 45.9 Å². The minimum atomic E-state index is 0.376. The zero-order valence-corrected chi connectivity index (χ0v) is 13.7. The molecule has 0 aliphatic heterocycles. The van der Waals surface area contributed by atoms with Crippen molar-refractivity contribution in [2.75, 3.05) is 0 Å². The Morgan fingerprint density at radius 2 is 1.67 bits per heavy atom. The number of benzene rings is 1. The van der Waals surface area contributed by atoms with Gasteiger partial charge in [0.15, 0.2) is 5.75 Å². The molecule has 0 spiro atoms. The summed E-state index contributed by atoms with van der Waals surface area (Å²) >= 11 is 0. The summed E-state index contributed by atoms with van der Waals surface area (Å²) in [6.07, 6.45) is 1.63. The zero-order valence-electron chi connectivity index (χ0n) is 13.7. The normalized spacial score (nSPS) is 11.6. The summed E-state index contributed by atoms with van der Waals surface area (Å²) < 4.78 is 1.93. The monoisotopic (exact) mass is 286 g/mol. The zero-order chi connectivity index (χ0) is 15.6. The third-order valence-corrected chi connectivity index (χ3v) is 3.57. The number of aromatic hydroxyl groups is 1. The second-order valence-corrected chi connectivity index (χ2v) is 6.64. The molecule has 1 aromatic carbocycles. The van der Waals surface area contributed by atoms with Crippen LogP contribution in [-0.4, -0.2) is 14.9 Å². The molecular formula is C18H26N2O. The Hall–Kier alpha value is -1.77. The molecule has 0 radical (unpaired) electrons. The van der Waals surface area contributed by atoms with Gasteiger partial charge < -0.3 is 5.11 Å². The second-order valence-electron chi connectivity index (χ2n) is 6.64. The fourth-order valence-corrected chi connectivity index (χ4v) is 2.59. The molecular weight excluding hydrogens is 260 g/mol. The van der Waals surface area contributed by atoms with Gasteiger partial charge in [-0.15, -0.1) is 0 Å². The first-order chi connectivity index (χ1) is 9.90. The number of rotatable bonds is 5. The molecule has 0 bridgehead atoms. The van der Waals surface area contributed by atoms with Gasteiger partial charge in [-0.25, -0.2) is 4.68 Å². The summed E-state index contributed by atoms with van der Waals surface area (Å²) in [5, 5.41) is 15.3. The first-order valence-electron chi connectivity index (χ1n) is 7.75. The van der Waals surface area contributed by atoms with Gasteiger partial charge in [-0.3, -0.25) is 0 Å². The summed E-state index contributed by atoms with van der Waals surface area (Å²) in [5.74, 6) is 1.32. The van der Waals surface area contributed by atoms with E-state index in [0.717, 1.165) is 29.9 Å². The molecule has 0 fully saturated rings. The molecule has 0 atom stereocenters. The highest BCUT2D eigenvalue weighted by Crippen LogP contribution is 2.30. The maximum Gasteiger partial charge on any atom is 0.160 e. The lowest BCUT2D eigenvalue weighted by atomic mass is 10.0. The maximum atomic E-state index is 10.6. The van der Waals surface area contributed by atoms with Gasteiger partial charge in [0.1, 0.15) is 5.69 Å². The van der Waals surface area contributed by atoms with E-state index in [1.165, 1.54) is 5.56 Å². The molecule has 3 nitrogen and oxygen atoms in total. The highest BCUT2D eigenvalue weighted by Gasteiger charge is 2.20. The van der Waals surface area contributed by atoms with Crippen molar-refractivity contribution >= 4 is 0 Å². The molecule has 0 saturated heterocycles. The first-order valence-corrected chi connectivity index (χ1v) is 7.75. The van der Waals surface area contributed by atoms with E-state index in [4.69, 9.17) is 5.10 Å². The minimum absolute atomic E-state index is 0.376. The molecule has 2 aromatic rings. The number of nitrogens with zero attached hydrogens (tertiary/aromatic N) is 2. The molecule has 3 heteroatoms. The van der Waals surface area contributed by atoms with E-state index in [9.17, 15) is 5.11 Å². The highest BCUT2D eigenvalue weighted by atomic mass is 16.3. The van der Waals surface area contributed by atoms with Crippen LogP contribution in [0.3, 0.4) is 0 Å². The Kier molecular flexibility index (Phi) is 4.71. The smallest absolute Gasteiger partial charge is 0.160 e. The van der Waals surface area contributed by atoms with E-state index in [0.29, 0.717) is 17.6 Å². The van der Waals surface area contributed by atoms with Crippen LogP contribution in [0, 0.1) is 18.8 Å². The van der Waals surface area contributed by atoms with Crippen LogP contribution >= 0.6 is 0 Å². The van der Waals surface area contributed by atoms with E-state index in [1.54, 1.807) is 0 Å². The molecule has 0 unspecified atom stereocenters. The van der Waals surface area contributed by atoms with E-state index in [1.807, 2.05) is 16.8 Å². The summed E-state index contributed by atoms with van der Waals surface area (Å²) in [6, 6.07) is 8.18. The fraction of sp³-hybridized carbons (Fsp3) is 0.500. The summed E-state index contributed by atoms with van der Waals surface area (Å²) in [6.45, 7) is 10.7. The van der Waals surface area contributed by atoms with Gasteiger partial charge in [0.2, 0.25) is 0 Å². The topological polar surface area (TPSA) is 38.0 Å². The molecule has 114 valence electrons. The molecule has 1 aromatic heterocycles. The number of aryl methyl sites for hydroxylation is 1. The van der Waals surface area contributed by atoms with Crippen molar-refractivity contribution in [2.45, 2.75) is 47.5 Å². The molecule has 21 heavy (non-hydrogen) atoms. The van der Waals surface area contributed by atoms with E-state index < -0.39 is 0 Å². The van der Waals surface area contributed by atoms with E-state index in [-0.39, 0.29) is 0 Å². The van der Waals surface area contributed by atoms with Crippen LogP contribution in [0.2, 0.25) is 0 Å². The van der Waals surface area contributed by atoms with Crippen LogP contribution in [0.5, 0.6) is 5.75 Å². The van der Waals surface area contributed by atoms with E-state index in [2.05, 4.69) is 46.8 Å². The largest absolute Gasteiger partial charge is 0.504 e. The van der Waals surface area contributed by atoms with Crippen LogP contribution < -0.4 is 0 Å². The van der Waals surface area contributed by atoms with Gasteiger partial charge in [0.05, 0.1) is 11.4 Å². The van der Waals surface area contributed by atoms with Crippen LogP contribution in [0.1, 0.15) is 44.6 Å². The van der Waals surface area contributed by atoms with Crippen molar-refractivity contribution in [2.24, 2.45) is 11.8 Å². The predicted molar refractivity (Wildman–Crippen MR) is 87.0 cm³/mol. The summed E-state index contributed by atoms with van der Waals surface area (Å²) in [4.78, 5) is 0. The van der Waals surface area contributed by atoms with Gasteiger partial charge >= 0.3 is 0 Å². The van der Waals surface area contributed by atoms with Gasteiger partial charge in [0, 0.05) is 0 Å². The average Bonchev–Trinajstić information content (AvgIpc) is 2.67. The Morgan fingerprint density at radius 3 is 2.24 bits per heavy atom. The molecule has 2 rings (SSSR count). The van der Waals surface area contributed by atoms with Crippen molar-refractivity contribution in [3.05, 3.63) is 41.2 Å². The molecule has 0 saturated carbocycles. The van der Waals surface area contributed by atoms with Gasteiger partial charge in [-0.2, -0.15) is 5.10 Å². The standard InChI is InChI=1S/C18H26N2O/c1-12(2)10-15-18(21)17(11-13(3)4)20(19-15)16-9-7-6-8-14(16)5/h6-9,12-13,21H,10-11H2,1-5H3. The lowest BCUT2D eigenvalue weighted by molar-refractivity contribution is 0.450. The summed E-state index contributed by atoms with van der Waals surface area (Å²) in [7, 11) is 0. The van der Waals surface area contributed by atoms with Crippen LogP contribution in [-0.2, 0) is 12.8 Å². The van der Waals surface area contributed by atoms with Gasteiger partial charge in [-0.05, 0) is 43.2 Å². The number of hydrogen-bond donors (Lipinski definition) is 1. The van der Waals surface area contributed by atoms with Crippen molar-refractivity contribution in [1.82, 2.24) is 9.78 Å². The fourth-order valence-electron chi connectivity index (χ4n) is 2.59. The molecule has 0 aliphatic carbocycles. The van der Waals surface area contributed by atoms with Crippen LogP contribution in [0.25, 0.3) is 5.69 Å². The SMILES string of the molecule is Cc1ccccc1-n1nc(CC(C)C)c(O)c1CC(C)C. The average molecular weight is 286 g/mol. The third kappa shape index (κ3) is 3.46. The Balaban J connectivity index is 2.55. The number of para-hydroxylation sites is 1. The second kappa shape index (κ2) is 6.33. The minimum Gasteiger partial charge on any atom is -0.504 e. The van der Waals surface area contributed by atoms with E-state index >= 15 is 0 Å². The lowest BCUT2D eigenvalue weighted by Crippen LogP contribution is -2.07. The highest BCUT2D eigenvalue weighted by molar-refractivity contribution is 5.45. The third-order valence-electron chi connectivity index (χ3n) is 3.57. The first kappa shape index (κ1) is 15.6. The van der Waals surface area contributed by atoms with Crippen molar-refractivity contribution < 1.29 is 5.11 Å². The van der Waals surface area contributed by atoms with Crippen molar-refractivity contribution in [3.63, 3.8) is 0 Å². The number of hydrogen-bond acceptors (Lipinski definition) is 2. The Bertz CT molecular complexity index is 612. The summed E-state index contributed by atoms with van der Waals surface area (Å²) in [5.41, 5.74) is 3.96. The van der Waals surface area contributed by atoms with Crippen molar-refractivity contribution in [3.8, 4) is 11.4 Å². The van der Waals surface area contributed by atoms with Gasteiger partial charge in [0.25, 0.3) is 0 Å². The maximum absolute atomic E-state index is 10.6. The Labute approximate surface area is 127 Å². The van der Waals surface area contributed by atoms with Crippen LogP contribution in [0.4, 0.5) is 0 Å². The van der Waals surface area contributed by atoms with Crippen LogP contribution in [0.15, 0.2) is 24.3 Å². The molecule has 0 aliphatic rings. The lowest BCUT2D eigenvalue weighted by Gasteiger charge is -2.11. The molecule has 1 heterocycles. The van der Waals surface area contributed by atoms with Crippen molar-refractivity contribution in [1.29, 1.82) is 0 Å². The molecule has 1 N–H and O–H groups in total. The molecule has 0 amide bonds. The number of aromatic nitrogens is 2. The quantitative estimate of drug-likeness (QED) is 0.890. The predicted octanol–water partition coefficient (Wildman–Crippen LogP) is 4.28. The Morgan fingerprint density at radius 1 is 1.05 bits per heavy atom.